The number of nitrogens with two attached hydrogens (primary N) is 1. The first kappa shape index (κ1) is 20.6. The van der Waals surface area contributed by atoms with Crippen LogP contribution in [0.3, 0.4) is 0 Å². The lowest BCUT2D eigenvalue weighted by Crippen LogP contribution is -2.59. The van der Waals surface area contributed by atoms with Crippen molar-refractivity contribution in [2.45, 2.75) is 49.9 Å². The molecule has 1 aliphatic rings. The van der Waals surface area contributed by atoms with Crippen LogP contribution in [0.25, 0.3) is 0 Å². The number of aromatic nitrogens is 2. The van der Waals surface area contributed by atoms with Crippen molar-refractivity contribution < 1.29 is 29.3 Å². The van der Waals surface area contributed by atoms with Crippen molar-refractivity contribution >= 4 is 12.0 Å². The molecule has 27 heavy (non-hydrogen) atoms. The molecule has 2 rings (SSSR count). The maximum Gasteiger partial charge on any atom is 0.328 e. The summed E-state index contributed by atoms with van der Waals surface area (Å²) in [6.45, 7) is 0.685. The first-order valence-corrected chi connectivity index (χ1v) is 8.29. The molecular formula is C15H22N6O6. The number of aliphatic carboxylic acids is 1. The molecule has 7 N–H and O–H groups in total. The number of amides is 2. The quantitative estimate of drug-likeness (QED) is 0.313. The average Bonchev–Trinajstić information content (AvgIpc) is 3.06. The number of nitrogens with one attached hydrogen (secondary N) is 2. The van der Waals surface area contributed by atoms with Crippen molar-refractivity contribution in [3.05, 3.63) is 11.8 Å². The number of carboxylic acids is 1. The van der Waals surface area contributed by atoms with Crippen molar-refractivity contribution in [1.82, 2.24) is 20.8 Å². The minimum absolute atomic E-state index is 0.01000. The minimum atomic E-state index is -1.47. The number of carboxylic acid groups (broad SMARTS) is 1. The number of nitriles is 1. The predicted molar refractivity (Wildman–Crippen MR) is 87.7 cm³/mol. The van der Waals surface area contributed by atoms with Gasteiger partial charge in [0.15, 0.2) is 6.04 Å². The second-order valence-electron chi connectivity index (χ2n) is 6.60. The van der Waals surface area contributed by atoms with Crippen LogP contribution in [0.15, 0.2) is 4.42 Å². The Morgan fingerprint density at radius 1 is 1.48 bits per heavy atom. The molecule has 0 unspecified atom stereocenters. The molecule has 3 atom stereocenters. The molecule has 148 valence electrons. The fourth-order valence-corrected chi connectivity index (χ4v) is 2.90. The van der Waals surface area contributed by atoms with Gasteiger partial charge in [-0.25, -0.2) is 9.59 Å². The van der Waals surface area contributed by atoms with Crippen LogP contribution in [-0.2, 0) is 10.3 Å². The molecule has 1 saturated carbocycles. The number of aliphatic hydroxyl groups excluding tert-OH is 2. The summed E-state index contributed by atoms with van der Waals surface area (Å²) in [6, 6.07) is -1.17. The van der Waals surface area contributed by atoms with Crippen LogP contribution in [0.5, 0.6) is 0 Å². The number of aliphatic hydroxyl groups is 2. The first-order chi connectivity index (χ1) is 12.7. The maximum atomic E-state index is 12.2. The maximum absolute atomic E-state index is 12.2. The van der Waals surface area contributed by atoms with E-state index in [9.17, 15) is 14.7 Å². The van der Waals surface area contributed by atoms with E-state index in [0.717, 1.165) is 0 Å². The SMILES string of the molecule is C[C@@H](O)[C@H](N)c1nnc(C2(NC(=O)N[C@@H](CO)C(=O)O)CC(CC#N)C2)o1. The van der Waals surface area contributed by atoms with Gasteiger partial charge in [0.05, 0.1) is 18.8 Å². The van der Waals surface area contributed by atoms with Crippen LogP contribution >= 0.6 is 0 Å². The van der Waals surface area contributed by atoms with Gasteiger partial charge in [-0.3, -0.25) is 0 Å². The number of hydrogen-bond donors (Lipinski definition) is 6. The molecule has 0 aromatic carbocycles. The standard InChI is InChI=1S/C15H22N6O6/c1-7(23)10(17)11-20-21-13(27-11)15(4-8(5-15)2-3-16)19-14(26)18-9(6-22)12(24)25/h7-10,22-23H,2,4-6,17H2,1H3,(H,24,25)(H2,18,19,26)/t7-,8?,9+,10+,15?/m1/s1. The van der Waals surface area contributed by atoms with Crippen molar-refractivity contribution in [1.29, 1.82) is 5.26 Å². The summed E-state index contributed by atoms with van der Waals surface area (Å²) in [7, 11) is 0. The van der Waals surface area contributed by atoms with Gasteiger partial charge >= 0.3 is 12.0 Å². The molecule has 0 radical (unpaired) electrons. The van der Waals surface area contributed by atoms with E-state index in [4.69, 9.17) is 25.6 Å². The lowest BCUT2D eigenvalue weighted by atomic mass is 9.67. The Bertz CT molecular complexity index is 723. The van der Waals surface area contributed by atoms with Crippen molar-refractivity contribution in [3.8, 4) is 6.07 Å². The van der Waals surface area contributed by atoms with Crippen LogP contribution in [-0.4, -0.2) is 56.3 Å². The number of rotatable bonds is 8. The minimum Gasteiger partial charge on any atom is -0.480 e. The number of urea groups is 1. The lowest BCUT2D eigenvalue weighted by molar-refractivity contribution is -0.140. The molecule has 1 fully saturated rings. The molecule has 1 aromatic rings. The van der Waals surface area contributed by atoms with Gasteiger partial charge in [-0.2, -0.15) is 5.26 Å². The van der Waals surface area contributed by atoms with E-state index in [1.807, 2.05) is 6.07 Å². The van der Waals surface area contributed by atoms with Gasteiger partial charge < -0.3 is 36.1 Å². The van der Waals surface area contributed by atoms with Gasteiger partial charge in [0.2, 0.25) is 11.8 Å². The van der Waals surface area contributed by atoms with Crippen molar-refractivity contribution in [3.63, 3.8) is 0 Å². The molecule has 0 saturated heterocycles. The second kappa shape index (κ2) is 8.30. The third-order valence-corrected chi connectivity index (χ3v) is 4.45. The van der Waals surface area contributed by atoms with E-state index in [1.165, 1.54) is 6.92 Å². The van der Waals surface area contributed by atoms with E-state index >= 15 is 0 Å². The number of carbonyl (C=O) groups is 2. The summed E-state index contributed by atoms with van der Waals surface area (Å²) in [5, 5.41) is 48.8. The van der Waals surface area contributed by atoms with E-state index in [1.54, 1.807) is 0 Å². The van der Waals surface area contributed by atoms with Crippen LogP contribution in [0, 0.1) is 17.2 Å². The Balaban J connectivity index is 2.18. The summed E-state index contributed by atoms with van der Waals surface area (Å²) in [5.74, 6) is -1.36. The topological polar surface area (TPSA) is 208 Å². The third kappa shape index (κ3) is 4.51. The number of nitrogens with zero attached hydrogens (tertiary/aromatic N) is 3. The molecule has 12 heteroatoms. The second-order valence-corrected chi connectivity index (χ2v) is 6.60. The van der Waals surface area contributed by atoms with Crippen LogP contribution in [0.4, 0.5) is 4.79 Å². The smallest absolute Gasteiger partial charge is 0.328 e. The fraction of sp³-hybridized carbons (Fsp3) is 0.667. The molecular weight excluding hydrogens is 360 g/mol. The van der Waals surface area contributed by atoms with Crippen molar-refractivity contribution in [2.75, 3.05) is 6.61 Å². The zero-order valence-corrected chi connectivity index (χ0v) is 14.6. The highest BCUT2D eigenvalue weighted by atomic mass is 16.4. The van der Waals surface area contributed by atoms with Crippen LogP contribution in [0.1, 0.15) is 44.0 Å². The molecule has 12 nitrogen and oxygen atoms in total. The van der Waals surface area contributed by atoms with Gasteiger partial charge in [-0.1, -0.05) is 0 Å². The summed E-state index contributed by atoms with van der Waals surface area (Å²) in [4.78, 5) is 23.1. The average molecular weight is 382 g/mol. The Kier molecular flexibility index (Phi) is 6.32. The molecule has 0 aliphatic heterocycles. The van der Waals surface area contributed by atoms with Crippen molar-refractivity contribution in [2.24, 2.45) is 11.7 Å². The van der Waals surface area contributed by atoms with E-state index in [2.05, 4.69) is 20.8 Å². The zero-order valence-electron chi connectivity index (χ0n) is 14.6. The predicted octanol–water partition coefficient (Wildman–Crippen LogP) is -1.29. The zero-order chi connectivity index (χ0) is 20.2. The molecule has 0 bridgehead atoms. The first-order valence-electron chi connectivity index (χ1n) is 8.29. The van der Waals surface area contributed by atoms with Gasteiger partial charge in [0.1, 0.15) is 11.6 Å². The largest absolute Gasteiger partial charge is 0.480 e. The highest BCUT2D eigenvalue weighted by Crippen LogP contribution is 2.46. The van der Waals surface area contributed by atoms with Gasteiger partial charge in [0.25, 0.3) is 0 Å². The monoisotopic (exact) mass is 382 g/mol. The van der Waals surface area contributed by atoms with E-state index < -0.39 is 42.3 Å². The number of carbonyl (C=O) groups excluding carboxylic acids is 1. The Morgan fingerprint density at radius 3 is 2.67 bits per heavy atom. The summed E-state index contributed by atoms with van der Waals surface area (Å²) < 4.78 is 5.52. The summed E-state index contributed by atoms with van der Waals surface area (Å²) >= 11 is 0. The number of hydrogen-bond acceptors (Lipinski definition) is 9. The fourth-order valence-electron chi connectivity index (χ4n) is 2.90. The molecule has 2 amide bonds. The highest BCUT2D eigenvalue weighted by molar-refractivity contribution is 5.83. The summed E-state index contributed by atoms with van der Waals surface area (Å²) in [5.41, 5.74) is 4.68. The summed E-state index contributed by atoms with van der Waals surface area (Å²) in [6.07, 6.45) is -0.000415. The Hall–Kier alpha value is -2.75. The lowest BCUT2D eigenvalue weighted by Gasteiger charge is -2.44. The molecule has 1 aliphatic carbocycles. The van der Waals surface area contributed by atoms with Crippen LogP contribution in [0.2, 0.25) is 0 Å². The van der Waals surface area contributed by atoms with E-state index in [0.29, 0.717) is 12.8 Å². The molecule has 0 spiro atoms. The van der Waals surface area contributed by atoms with E-state index in [-0.39, 0.29) is 24.1 Å². The highest BCUT2D eigenvalue weighted by Gasteiger charge is 2.51. The normalized spacial score (nSPS) is 24.8. The molecule has 1 heterocycles. The van der Waals surface area contributed by atoms with Gasteiger partial charge in [-0.15, -0.1) is 10.2 Å². The van der Waals surface area contributed by atoms with Crippen LogP contribution < -0.4 is 16.4 Å². The molecule has 1 aromatic heterocycles. The Labute approximate surface area is 154 Å². The third-order valence-electron chi connectivity index (χ3n) is 4.45. The van der Waals surface area contributed by atoms with Gasteiger partial charge in [0, 0.05) is 6.42 Å². The van der Waals surface area contributed by atoms with Gasteiger partial charge in [-0.05, 0) is 25.7 Å². The Morgan fingerprint density at radius 2 is 2.15 bits per heavy atom.